The second kappa shape index (κ2) is 4.93. The van der Waals surface area contributed by atoms with Crippen LogP contribution in [0.4, 0.5) is 0 Å². The van der Waals surface area contributed by atoms with Crippen molar-refractivity contribution < 1.29 is 4.79 Å². The SMILES string of the molecule is Cn1ccnc1CC(N)c1ccccc1C=O. The Labute approximate surface area is 100 Å². The average Bonchev–Trinajstić information content (AvgIpc) is 2.75. The van der Waals surface area contributed by atoms with Gasteiger partial charge >= 0.3 is 0 Å². The molecule has 0 saturated carbocycles. The summed E-state index contributed by atoms with van der Waals surface area (Å²) in [6.45, 7) is 0. The number of rotatable bonds is 4. The first-order valence-corrected chi connectivity index (χ1v) is 5.48. The molecule has 0 aliphatic heterocycles. The number of carbonyl (C=O) groups is 1. The highest BCUT2D eigenvalue weighted by molar-refractivity contribution is 5.77. The highest BCUT2D eigenvalue weighted by atomic mass is 16.1. The highest BCUT2D eigenvalue weighted by Crippen LogP contribution is 2.18. The van der Waals surface area contributed by atoms with Gasteiger partial charge in [-0.2, -0.15) is 0 Å². The van der Waals surface area contributed by atoms with Gasteiger partial charge in [-0.25, -0.2) is 4.98 Å². The molecule has 4 heteroatoms. The van der Waals surface area contributed by atoms with Gasteiger partial charge in [-0.05, 0) is 5.56 Å². The van der Waals surface area contributed by atoms with Gasteiger partial charge in [0.15, 0.2) is 0 Å². The summed E-state index contributed by atoms with van der Waals surface area (Å²) in [5.74, 6) is 0.915. The second-order valence-corrected chi connectivity index (χ2v) is 4.01. The summed E-state index contributed by atoms with van der Waals surface area (Å²) in [5.41, 5.74) is 7.63. The molecule has 2 N–H and O–H groups in total. The van der Waals surface area contributed by atoms with E-state index in [4.69, 9.17) is 5.73 Å². The van der Waals surface area contributed by atoms with Crippen molar-refractivity contribution in [2.45, 2.75) is 12.5 Å². The number of nitrogens with zero attached hydrogens (tertiary/aromatic N) is 2. The van der Waals surface area contributed by atoms with Gasteiger partial charge in [0.2, 0.25) is 0 Å². The van der Waals surface area contributed by atoms with Crippen LogP contribution < -0.4 is 5.73 Å². The molecule has 0 spiro atoms. The van der Waals surface area contributed by atoms with Gasteiger partial charge in [-0.1, -0.05) is 24.3 Å². The highest BCUT2D eigenvalue weighted by Gasteiger charge is 2.13. The van der Waals surface area contributed by atoms with Gasteiger partial charge in [0.05, 0.1) is 0 Å². The average molecular weight is 229 g/mol. The normalized spacial score (nSPS) is 12.4. The number of aryl methyl sites for hydroxylation is 1. The van der Waals surface area contributed by atoms with Crippen molar-refractivity contribution in [3.05, 3.63) is 53.6 Å². The molecular formula is C13H15N3O. The molecule has 2 rings (SSSR count). The van der Waals surface area contributed by atoms with Crippen LogP contribution in [-0.4, -0.2) is 15.8 Å². The molecule has 0 amide bonds. The van der Waals surface area contributed by atoms with Crippen LogP contribution in [0.25, 0.3) is 0 Å². The van der Waals surface area contributed by atoms with Crippen LogP contribution in [0.3, 0.4) is 0 Å². The molecule has 2 aromatic rings. The fraction of sp³-hybridized carbons (Fsp3) is 0.231. The fourth-order valence-corrected chi connectivity index (χ4v) is 1.86. The molecule has 1 heterocycles. The molecule has 1 atom stereocenters. The van der Waals surface area contributed by atoms with E-state index in [1.807, 2.05) is 36.0 Å². The summed E-state index contributed by atoms with van der Waals surface area (Å²) in [6.07, 6.45) is 5.09. The number of aldehydes is 1. The predicted molar refractivity (Wildman–Crippen MR) is 65.7 cm³/mol. The first-order valence-electron chi connectivity index (χ1n) is 5.48. The van der Waals surface area contributed by atoms with Gasteiger partial charge < -0.3 is 10.3 Å². The molecule has 0 aliphatic rings. The molecule has 0 radical (unpaired) electrons. The Morgan fingerprint density at radius 2 is 2.24 bits per heavy atom. The quantitative estimate of drug-likeness (QED) is 0.808. The van der Waals surface area contributed by atoms with Crippen LogP contribution in [0.5, 0.6) is 0 Å². The summed E-state index contributed by atoms with van der Waals surface area (Å²) in [6, 6.07) is 7.18. The van der Waals surface area contributed by atoms with E-state index in [1.165, 1.54) is 0 Å². The standard InChI is InChI=1S/C13H15N3O/c1-16-7-6-15-13(16)8-12(14)11-5-3-2-4-10(11)9-17/h2-7,9,12H,8,14H2,1H3. The largest absolute Gasteiger partial charge is 0.338 e. The van der Waals surface area contributed by atoms with Gasteiger partial charge in [-0.15, -0.1) is 0 Å². The minimum Gasteiger partial charge on any atom is -0.338 e. The number of aromatic nitrogens is 2. The number of benzene rings is 1. The van der Waals surface area contributed by atoms with E-state index in [0.717, 1.165) is 17.7 Å². The molecule has 4 nitrogen and oxygen atoms in total. The Morgan fingerprint density at radius 3 is 2.88 bits per heavy atom. The molecular weight excluding hydrogens is 214 g/mol. The van der Waals surface area contributed by atoms with Crippen molar-refractivity contribution in [2.24, 2.45) is 12.8 Å². The van der Waals surface area contributed by atoms with Crippen LogP contribution in [0.15, 0.2) is 36.7 Å². The van der Waals surface area contributed by atoms with Gasteiger partial charge in [-0.3, -0.25) is 4.79 Å². The van der Waals surface area contributed by atoms with Crippen LogP contribution in [0.1, 0.15) is 27.8 Å². The first kappa shape index (κ1) is 11.5. The molecule has 17 heavy (non-hydrogen) atoms. The predicted octanol–water partition coefficient (Wildman–Crippen LogP) is 1.48. The zero-order valence-corrected chi connectivity index (χ0v) is 9.71. The summed E-state index contributed by atoms with van der Waals surface area (Å²) < 4.78 is 1.93. The number of hydrogen-bond donors (Lipinski definition) is 1. The zero-order chi connectivity index (χ0) is 12.3. The summed E-state index contributed by atoms with van der Waals surface area (Å²) >= 11 is 0. The Bertz CT molecular complexity index is 519. The number of hydrogen-bond acceptors (Lipinski definition) is 3. The lowest BCUT2D eigenvalue weighted by molar-refractivity contribution is 0.112. The van der Waals surface area contributed by atoms with Gasteiger partial charge in [0.25, 0.3) is 0 Å². The summed E-state index contributed by atoms with van der Waals surface area (Å²) in [5, 5.41) is 0. The van der Waals surface area contributed by atoms with E-state index in [0.29, 0.717) is 12.0 Å². The summed E-state index contributed by atoms with van der Waals surface area (Å²) in [4.78, 5) is 15.2. The van der Waals surface area contributed by atoms with Crippen molar-refractivity contribution in [1.29, 1.82) is 0 Å². The zero-order valence-electron chi connectivity index (χ0n) is 9.71. The minimum absolute atomic E-state index is 0.211. The smallest absolute Gasteiger partial charge is 0.150 e. The fourth-order valence-electron chi connectivity index (χ4n) is 1.86. The van der Waals surface area contributed by atoms with Crippen LogP contribution >= 0.6 is 0 Å². The third-order valence-corrected chi connectivity index (χ3v) is 2.85. The Kier molecular flexibility index (Phi) is 3.35. The van der Waals surface area contributed by atoms with Crippen molar-refractivity contribution in [3.63, 3.8) is 0 Å². The molecule has 0 fully saturated rings. The minimum atomic E-state index is -0.211. The first-order chi connectivity index (χ1) is 8.22. The second-order valence-electron chi connectivity index (χ2n) is 4.01. The maximum absolute atomic E-state index is 10.9. The molecule has 88 valence electrons. The lowest BCUT2D eigenvalue weighted by atomic mass is 9.99. The number of imidazole rings is 1. The van der Waals surface area contributed by atoms with E-state index in [2.05, 4.69) is 4.98 Å². The van der Waals surface area contributed by atoms with E-state index in [9.17, 15) is 4.79 Å². The number of carbonyl (C=O) groups excluding carboxylic acids is 1. The van der Waals surface area contributed by atoms with Gasteiger partial charge in [0, 0.05) is 37.5 Å². The lowest BCUT2D eigenvalue weighted by Gasteiger charge is -2.13. The molecule has 1 aromatic carbocycles. The maximum atomic E-state index is 10.9. The van der Waals surface area contributed by atoms with Crippen molar-refractivity contribution in [1.82, 2.24) is 9.55 Å². The number of nitrogens with two attached hydrogens (primary N) is 1. The van der Waals surface area contributed by atoms with Crippen LogP contribution in [-0.2, 0) is 13.5 Å². The molecule has 1 unspecified atom stereocenters. The molecule has 0 aliphatic carbocycles. The third kappa shape index (κ3) is 2.42. The van der Waals surface area contributed by atoms with Crippen molar-refractivity contribution in [2.75, 3.05) is 0 Å². The van der Waals surface area contributed by atoms with Gasteiger partial charge in [0.1, 0.15) is 12.1 Å². The molecule has 0 bridgehead atoms. The lowest BCUT2D eigenvalue weighted by Crippen LogP contribution is -2.17. The van der Waals surface area contributed by atoms with Crippen LogP contribution in [0.2, 0.25) is 0 Å². The van der Waals surface area contributed by atoms with E-state index in [-0.39, 0.29) is 6.04 Å². The summed E-state index contributed by atoms with van der Waals surface area (Å²) in [7, 11) is 1.93. The Hall–Kier alpha value is -1.94. The van der Waals surface area contributed by atoms with Crippen molar-refractivity contribution in [3.8, 4) is 0 Å². The van der Waals surface area contributed by atoms with Crippen LogP contribution in [0, 0.1) is 0 Å². The van der Waals surface area contributed by atoms with E-state index >= 15 is 0 Å². The molecule has 1 aromatic heterocycles. The van der Waals surface area contributed by atoms with E-state index in [1.54, 1.807) is 12.3 Å². The topological polar surface area (TPSA) is 60.9 Å². The maximum Gasteiger partial charge on any atom is 0.150 e. The molecule has 0 saturated heterocycles. The van der Waals surface area contributed by atoms with Crippen molar-refractivity contribution >= 4 is 6.29 Å². The monoisotopic (exact) mass is 229 g/mol. The Morgan fingerprint density at radius 1 is 1.47 bits per heavy atom. The van der Waals surface area contributed by atoms with E-state index < -0.39 is 0 Å². The Balaban J connectivity index is 2.23. The third-order valence-electron chi connectivity index (χ3n) is 2.85.